The highest BCUT2D eigenvalue weighted by molar-refractivity contribution is 7.92. The Kier molecular flexibility index (Phi) is 11.0. The third-order valence-electron chi connectivity index (χ3n) is 6.20. The minimum absolute atomic E-state index is 0. The highest BCUT2D eigenvalue weighted by Crippen LogP contribution is 2.39. The van der Waals surface area contributed by atoms with Crippen molar-refractivity contribution in [1.29, 1.82) is 0 Å². The number of amides is 1. The largest absolute Gasteiger partial charge is 0.494 e. The van der Waals surface area contributed by atoms with Gasteiger partial charge in [-0.05, 0) is 61.6 Å². The van der Waals surface area contributed by atoms with Gasteiger partial charge in [0.2, 0.25) is 0 Å². The van der Waals surface area contributed by atoms with Crippen molar-refractivity contribution in [3.8, 4) is 5.75 Å². The molecule has 1 amide bonds. The molecule has 1 aromatic heterocycles. The van der Waals surface area contributed by atoms with Gasteiger partial charge in [0.15, 0.2) is 5.13 Å². The van der Waals surface area contributed by atoms with Gasteiger partial charge in [-0.15, -0.1) is 12.4 Å². The van der Waals surface area contributed by atoms with Crippen molar-refractivity contribution in [2.75, 3.05) is 42.9 Å². The zero-order chi connectivity index (χ0) is 28.2. The molecule has 0 aliphatic rings. The van der Waals surface area contributed by atoms with Crippen LogP contribution in [0.4, 0.5) is 10.8 Å². The van der Waals surface area contributed by atoms with Gasteiger partial charge < -0.3 is 9.64 Å². The number of carbonyl (C=O) groups is 1. The number of aromatic nitrogens is 1. The number of rotatable bonds is 11. The maximum absolute atomic E-state index is 14.1. The number of para-hydroxylation sites is 1. The number of methoxy groups -OCH3 is 1. The second-order valence-corrected chi connectivity index (χ2v) is 12.0. The van der Waals surface area contributed by atoms with Gasteiger partial charge in [0.05, 0.1) is 33.0 Å². The van der Waals surface area contributed by atoms with Crippen molar-refractivity contribution in [1.82, 2.24) is 9.88 Å². The molecule has 3 aromatic carbocycles. The first kappa shape index (κ1) is 31.9. The summed E-state index contributed by atoms with van der Waals surface area (Å²) < 4.78 is 35.0. The van der Waals surface area contributed by atoms with E-state index in [0.717, 1.165) is 13.1 Å². The first-order valence-electron chi connectivity index (χ1n) is 12.2. The van der Waals surface area contributed by atoms with Gasteiger partial charge in [0.25, 0.3) is 15.9 Å². The van der Waals surface area contributed by atoms with E-state index in [1.54, 1.807) is 48.4 Å². The highest BCUT2D eigenvalue weighted by atomic mass is 35.5. The van der Waals surface area contributed by atoms with E-state index < -0.39 is 15.9 Å². The summed E-state index contributed by atoms with van der Waals surface area (Å²) in [7, 11) is -2.43. The zero-order valence-corrected chi connectivity index (χ0v) is 26.0. The number of anilines is 2. The van der Waals surface area contributed by atoms with Crippen LogP contribution >= 0.6 is 46.9 Å². The Hall–Kier alpha value is -2.60. The lowest BCUT2D eigenvalue weighted by molar-refractivity contribution is 0.0984. The maximum atomic E-state index is 14.1. The molecule has 0 aliphatic heterocycles. The second-order valence-electron chi connectivity index (χ2n) is 8.51. The summed E-state index contributed by atoms with van der Waals surface area (Å²) in [4.78, 5) is 22.6. The van der Waals surface area contributed by atoms with E-state index in [9.17, 15) is 13.2 Å². The standard InChI is InChI=1S/C27H28Cl2N4O4S2.ClH/c1-4-32(5-2)16-17-33(27-30-24-23(37-3)15-14-21(29)25(24)38-27)26(34)20-8-6-7-9-22(20)31-39(35,36)19-12-10-18(28)11-13-19;/h6-15,31H,4-5,16-17H2,1-3H3;1H. The predicted octanol–water partition coefficient (Wildman–Crippen LogP) is 6.82. The molecule has 214 valence electrons. The fourth-order valence-electron chi connectivity index (χ4n) is 4.01. The van der Waals surface area contributed by atoms with Crippen LogP contribution in [0, 0.1) is 0 Å². The molecule has 8 nitrogen and oxygen atoms in total. The summed E-state index contributed by atoms with van der Waals surface area (Å²) in [6, 6.07) is 15.8. The molecule has 40 heavy (non-hydrogen) atoms. The van der Waals surface area contributed by atoms with E-state index in [2.05, 4.69) is 23.5 Å². The number of hydrogen-bond donors (Lipinski definition) is 1. The molecule has 4 aromatic rings. The van der Waals surface area contributed by atoms with Gasteiger partial charge in [-0.3, -0.25) is 14.4 Å². The SMILES string of the molecule is CCN(CC)CCN(C(=O)c1ccccc1NS(=O)(=O)c1ccc(Cl)cc1)c1nc2c(OC)ccc(Cl)c2s1.Cl. The molecule has 0 fully saturated rings. The van der Waals surface area contributed by atoms with Crippen LogP contribution in [0.25, 0.3) is 10.2 Å². The monoisotopic (exact) mass is 642 g/mol. The molecule has 13 heteroatoms. The highest BCUT2D eigenvalue weighted by Gasteiger charge is 2.27. The van der Waals surface area contributed by atoms with Crippen molar-refractivity contribution in [3.63, 3.8) is 0 Å². The number of nitrogens with zero attached hydrogens (tertiary/aromatic N) is 3. The molecular formula is C27H29Cl3N4O4S2. The van der Waals surface area contributed by atoms with Crippen LogP contribution in [0.1, 0.15) is 24.2 Å². The number of halogens is 3. The van der Waals surface area contributed by atoms with Crippen molar-refractivity contribution in [2.24, 2.45) is 0 Å². The first-order valence-corrected chi connectivity index (χ1v) is 15.3. The lowest BCUT2D eigenvalue weighted by atomic mass is 10.1. The van der Waals surface area contributed by atoms with E-state index >= 15 is 0 Å². The summed E-state index contributed by atoms with van der Waals surface area (Å²) in [5.41, 5.74) is 0.899. The summed E-state index contributed by atoms with van der Waals surface area (Å²) in [6.07, 6.45) is 0. The van der Waals surface area contributed by atoms with Crippen LogP contribution in [0.3, 0.4) is 0 Å². The van der Waals surface area contributed by atoms with Gasteiger partial charge in [-0.2, -0.15) is 0 Å². The fraction of sp³-hybridized carbons (Fsp3) is 0.259. The number of thiazole rings is 1. The fourth-order valence-corrected chi connectivity index (χ4v) is 6.49. The molecule has 0 saturated carbocycles. The first-order chi connectivity index (χ1) is 18.7. The molecule has 0 spiro atoms. The maximum Gasteiger partial charge on any atom is 0.262 e. The average molecular weight is 644 g/mol. The van der Waals surface area contributed by atoms with Crippen LogP contribution in [-0.4, -0.2) is 57.5 Å². The Bertz CT molecular complexity index is 1580. The third-order valence-corrected chi connectivity index (χ3v) is 9.38. The molecule has 4 rings (SSSR count). The summed E-state index contributed by atoms with van der Waals surface area (Å²) >= 11 is 13.7. The van der Waals surface area contributed by atoms with Crippen LogP contribution in [-0.2, 0) is 10.0 Å². The molecule has 0 saturated heterocycles. The molecule has 0 atom stereocenters. The number of hydrogen-bond acceptors (Lipinski definition) is 7. The number of fused-ring (bicyclic) bond motifs is 1. The lowest BCUT2D eigenvalue weighted by Gasteiger charge is -2.25. The van der Waals surface area contributed by atoms with Gasteiger partial charge in [0, 0.05) is 18.1 Å². The van der Waals surface area contributed by atoms with Crippen LogP contribution in [0.5, 0.6) is 5.75 Å². The lowest BCUT2D eigenvalue weighted by Crippen LogP contribution is -2.39. The molecular weight excluding hydrogens is 615 g/mol. The van der Waals surface area contributed by atoms with E-state index in [0.29, 0.717) is 44.2 Å². The Labute approximate surface area is 254 Å². The van der Waals surface area contributed by atoms with Crippen molar-refractivity contribution in [2.45, 2.75) is 18.7 Å². The zero-order valence-electron chi connectivity index (χ0n) is 22.1. The van der Waals surface area contributed by atoms with Gasteiger partial charge in [-0.25, -0.2) is 13.4 Å². The van der Waals surface area contributed by atoms with Gasteiger partial charge in [0.1, 0.15) is 11.3 Å². The Morgan fingerprint density at radius 1 is 1.00 bits per heavy atom. The summed E-state index contributed by atoms with van der Waals surface area (Å²) in [5, 5.41) is 1.35. The number of nitrogens with one attached hydrogen (secondary N) is 1. The minimum Gasteiger partial charge on any atom is -0.494 e. The number of ether oxygens (including phenoxy) is 1. The van der Waals surface area contributed by atoms with Crippen molar-refractivity contribution >= 4 is 83.9 Å². The second kappa shape index (κ2) is 13.8. The van der Waals surface area contributed by atoms with E-state index in [1.165, 1.54) is 35.6 Å². The molecule has 1 N–H and O–H groups in total. The number of carbonyl (C=O) groups excluding carboxylic acids is 1. The minimum atomic E-state index is -3.98. The average Bonchev–Trinajstić information content (AvgIpc) is 3.37. The molecule has 0 radical (unpaired) electrons. The van der Waals surface area contributed by atoms with Crippen LogP contribution in [0.2, 0.25) is 10.0 Å². The van der Waals surface area contributed by atoms with Crippen molar-refractivity contribution < 1.29 is 17.9 Å². The van der Waals surface area contributed by atoms with E-state index in [-0.39, 0.29) is 28.6 Å². The summed E-state index contributed by atoms with van der Waals surface area (Å²) in [6.45, 7) is 6.67. The third kappa shape index (κ3) is 6.99. The van der Waals surface area contributed by atoms with Gasteiger partial charge in [-0.1, -0.05) is 60.5 Å². The molecule has 1 heterocycles. The van der Waals surface area contributed by atoms with Gasteiger partial charge >= 0.3 is 0 Å². The summed E-state index contributed by atoms with van der Waals surface area (Å²) in [5.74, 6) is 0.148. The Morgan fingerprint density at radius 2 is 1.68 bits per heavy atom. The molecule has 0 aliphatic carbocycles. The van der Waals surface area contributed by atoms with Crippen LogP contribution in [0.15, 0.2) is 65.6 Å². The molecule has 0 bridgehead atoms. The number of likely N-dealkylation sites (N-methyl/N-ethyl adjacent to an activating group) is 1. The predicted molar refractivity (Wildman–Crippen MR) is 167 cm³/mol. The van der Waals surface area contributed by atoms with E-state index in [4.69, 9.17) is 32.9 Å². The normalized spacial score (nSPS) is 11.3. The van der Waals surface area contributed by atoms with E-state index in [1.807, 2.05) is 0 Å². The Balaban J connectivity index is 0.00000441. The Morgan fingerprint density at radius 3 is 2.33 bits per heavy atom. The molecule has 0 unspecified atom stereocenters. The number of sulfonamides is 1. The quantitative estimate of drug-likeness (QED) is 0.193. The number of benzene rings is 3. The smallest absolute Gasteiger partial charge is 0.262 e. The van der Waals surface area contributed by atoms with Crippen LogP contribution < -0.4 is 14.4 Å². The topological polar surface area (TPSA) is 91.8 Å². The van der Waals surface area contributed by atoms with Crippen molar-refractivity contribution in [3.05, 3.63) is 76.3 Å².